The smallest absolute Gasteiger partial charge is 0.325 e. The van der Waals surface area contributed by atoms with Crippen LogP contribution in [0.15, 0.2) is 18.9 Å². The molecule has 0 aromatic carbocycles. The lowest BCUT2D eigenvalue weighted by Gasteiger charge is -2.28. The molecule has 4 aromatic rings. The summed E-state index contributed by atoms with van der Waals surface area (Å²) in [6.07, 6.45) is -1.69. The van der Waals surface area contributed by atoms with Crippen LogP contribution in [0.25, 0.3) is 22.2 Å². The Balaban J connectivity index is 1.06. The van der Waals surface area contributed by atoms with Crippen LogP contribution in [0.5, 0.6) is 0 Å². The lowest BCUT2D eigenvalue weighted by Crippen LogP contribution is -2.36. The highest BCUT2D eigenvalue weighted by molar-refractivity contribution is 8.07. The third kappa shape index (κ3) is 7.82. The Morgan fingerprint density at radius 3 is 2.44 bits per heavy atom. The van der Waals surface area contributed by atoms with E-state index < -0.39 is 82.3 Å². The Labute approximate surface area is 322 Å². The minimum atomic E-state index is -4.24. The van der Waals surface area contributed by atoms with Crippen LogP contribution in [0.2, 0.25) is 0 Å². The summed E-state index contributed by atoms with van der Waals surface area (Å²) >= 11 is 10.8. The number of rotatable bonds is 8. The number of nitrogens with two attached hydrogens (primary N) is 1. The zero-order valence-corrected chi connectivity index (χ0v) is 32.4. The van der Waals surface area contributed by atoms with Crippen LogP contribution in [-0.4, -0.2) is 128 Å². The number of ketones is 1. The fourth-order valence-corrected chi connectivity index (χ4v) is 10.1. The van der Waals surface area contributed by atoms with Gasteiger partial charge >= 0.3 is 13.4 Å². The first-order chi connectivity index (χ1) is 26.3. The van der Waals surface area contributed by atoms with E-state index in [-0.39, 0.29) is 41.7 Å². The van der Waals surface area contributed by atoms with Crippen LogP contribution in [-0.2, 0) is 68.8 Å². The number of nitrogens with one attached hydrogen (secondary N) is 1. The number of imidazole rings is 1. The number of nitrogen functional groups attached to an aromatic ring is 1. The summed E-state index contributed by atoms with van der Waals surface area (Å²) in [5.74, 6) is -0.199. The second kappa shape index (κ2) is 15.6. The van der Waals surface area contributed by atoms with E-state index >= 15 is 0 Å². The van der Waals surface area contributed by atoms with E-state index in [1.54, 1.807) is 4.57 Å². The number of Topliss-reactive ketones (excluding diaryl/α,β-unsaturated/α-hetero) is 1. The van der Waals surface area contributed by atoms with Crippen molar-refractivity contribution in [3.63, 3.8) is 0 Å². The van der Waals surface area contributed by atoms with Crippen molar-refractivity contribution < 1.29 is 57.5 Å². The van der Waals surface area contributed by atoms with E-state index in [9.17, 15) is 24.8 Å². The number of hydrogen-bond donors (Lipinski definition) is 7. The fraction of sp³-hybridized carbons (Fsp3) is 0.600. The minimum absolute atomic E-state index is 0.0105. The maximum absolute atomic E-state index is 11.7. The summed E-state index contributed by atoms with van der Waals surface area (Å²) in [6, 6.07) is 0. The van der Waals surface area contributed by atoms with Crippen molar-refractivity contribution in [2.45, 2.75) is 87.6 Å². The predicted octanol–water partition coefficient (Wildman–Crippen LogP) is 0.253. The largest absolute Gasteiger partial charge is 0.389 e. The molecular weight excluding hydrogens is 804 g/mol. The number of ether oxygens (including phenoxy) is 2. The van der Waals surface area contributed by atoms with Crippen LogP contribution in [0.3, 0.4) is 0 Å². The Morgan fingerprint density at radius 1 is 0.927 bits per heavy atom. The van der Waals surface area contributed by atoms with E-state index in [0.717, 1.165) is 42.3 Å². The van der Waals surface area contributed by atoms with Gasteiger partial charge in [0.15, 0.2) is 29.7 Å². The summed E-state index contributed by atoms with van der Waals surface area (Å²) in [5, 5.41) is 35.9. The Bertz CT molecular complexity index is 2200. The molecule has 3 fully saturated rings. The average Bonchev–Trinajstić information content (AvgIpc) is 3.85. The molecule has 55 heavy (non-hydrogen) atoms. The summed E-state index contributed by atoms with van der Waals surface area (Å²) in [5.41, 5.74) is 9.00. The second-order valence-electron chi connectivity index (χ2n) is 13.6. The van der Waals surface area contributed by atoms with Gasteiger partial charge in [-0.1, -0.05) is 0 Å². The van der Waals surface area contributed by atoms with Crippen molar-refractivity contribution in [2.75, 3.05) is 37.4 Å². The highest BCUT2D eigenvalue weighted by atomic mass is 32.5. The molecule has 10 atom stereocenters. The third-order valence-electron chi connectivity index (χ3n) is 9.90. The van der Waals surface area contributed by atoms with Gasteiger partial charge in [-0.25, -0.2) is 15.0 Å². The van der Waals surface area contributed by atoms with Gasteiger partial charge in [-0.2, -0.15) is 9.97 Å². The van der Waals surface area contributed by atoms with Crippen LogP contribution < -0.4 is 11.1 Å². The molecule has 0 radical (unpaired) electrons. The first-order valence-corrected chi connectivity index (χ1v) is 22.7. The lowest BCUT2D eigenvalue weighted by molar-refractivity contribution is -0.121. The first-order valence-electron chi connectivity index (χ1n) is 17.5. The number of aliphatic hydroxyl groups excluding tert-OH is 3. The topological polar surface area (TPSA) is 286 Å². The predicted molar refractivity (Wildman–Crippen MR) is 198 cm³/mol. The SMILES string of the molecule is Nc1nc(NCCCC(=O)CO)nc2c1ncn2[C@@H]1O[C@@H]2COP(O)(=S)O[C@H]3[C@@H](O)[C@H](n4cc5c6c(ncnc64)CCCC5)O[C@@H]3COP(O)(=S)O[C@@H]1[C@@H]2O. The quantitative estimate of drug-likeness (QED) is 0.0925. The number of carbonyl (C=O) groups is 1. The van der Waals surface area contributed by atoms with Gasteiger partial charge in [0.25, 0.3) is 0 Å². The zero-order valence-electron chi connectivity index (χ0n) is 28.9. The van der Waals surface area contributed by atoms with E-state index in [0.29, 0.717) is 12.1 Å². The van der Waals surface area contributed by atoms with E-state index in [1.165, 1.54) is 17.2 Å². The number of aliphatic hydroxyl groups is 3. The van der Waals surface area contributed by atoms with Gasteiger partial charge in [0.05, 0.1) is 25.2 Å². The number of aryl methyl sites for hydroxylation is 2. The monoisotopic (exact) mass is 843 g/mol. The standard InChI is InChI=1S/C30H39N9O12P2S2/c31-25-20-27(37-30(36-25)32-7-3-5-15(41)9-40)39(13-35-20)29-24-21(42)17(48-29)10-46-52(44,54)50-23-18(11-47-53(45,55)51-24)49-28(22(23)43)38-8-14-4-1-2-6-16-19(14)26(38)34-12-33-16/h8,12-13,17-18,21-24,28-29,40,42-43H,1-7,9-11H2,(H,44,54)(H,45,55)(H3,31,32,36,37)/t17-,18-,21-,22-,23-,24-,28-,29-,52?,53?/m1/s1. The summed E-state index contributed by atoms with van der Waals surface area (Å²) in [7, 11) is 0. The molecule has 3 aliphatic heterocycles. The van der Waals surface area contributed by atoms with Crippen LogP contribution in [0.4, 0.5) is 11.8 Å². The van der Waals surface area contributed by atoms with Gasteiger partial charge < -0.3 is 59.2 Å². The fourth-order valence-electron chi connectivity index (χ4n) is 7.29. The van der Waals surface area contributed by atoms with Crippen LogP contribution in [0.1, 0.15) is 49.4 Å². The van der Waals surface area contributed by atoms with Gasteiger partial charge in [0.2, 0.25) is 5.95 Å². The molecule has 0 amide bonds. The van der Waals surface area contributed by atoms with Gasteiger partial charge in [-0.3, -0.25) is 18.4 Å². The third-order valence-corrected chi connectivity index (χ3v) is 13.0. The summed E-state index contributed by atoms with van der Waals surface area (Å²) < 4.78 is 38.8. The second-order valence-corrected chi connectivity index (χ2v) is 19.1. The normalized spacial score (nSPS) is 34.1. The molecule has 3 saturated heterocycles. The highest BCUT2D eigenvalue weighted by Gasteiger charge is 2.52. The Hall–Kier alpha value is -2.70. The molecule has 4 aliphatic rings. The van der Waals surface area contributed by atoms with E-state index in [1.807, 2.05) is 6.20 Å². The molecule has 7 heterocycles. The number of aromatic nitrogens is 7. The maximum Gasteiger partial charge on any atom is 0.325 e. The van der Waals surface area contributed by atoms with Gasteiger partial charge in [0, 0.05) is 24.5 Å². The molecule has 4 aromatic heterocycles. The van der Waals surface area contributed by atoms with E-state index in [4.69, 9.17) is 62.0 Å². The minimum Gasteiger partial charge on any atom is -0.389 e. The van der Waals surface area contributed by atoms with Crippen molar-refractivity contribution in [1.29, 1.82) is 0 Å². The average molecular weight is 844 g/mol. The summed E-state index contributed by atoms with van der Waals surface area (Å²) in [4.78, 5) is 56.1. The van der Waals surface area contributed by atoms with E-state index in [2.05, 4.69) is 30.2 Å². The van der Waals surface area contributed by atoms with Gasteiger partial charge in [0.1, 0.15) is 60.7 Å². The molecule has 21 nitrogen and oxygen atoms in total. The molecule has 1 aliphatic carbocycles. The lowest BCUT2D eigenvalue weighted by atomic mass is 10.1. The number of nitrogens with zero attached hydrogens (tertiary/aromatic N) is 7. The first kappa shape index (κ1) is 39.1. The van der Waals surface area contributed by atoms with Gasteiger partial charge in [-0.05, 0) is 61.3 Å². The van der Waals surface area contributed by atoms with Gasteiger partial charge in [-0.15, -0.1) is 0 Å². The number of hydrogen-bond acceptors (Lipinski definition) is 19. The van der Waals surface area contributed by atoms with Crippen molar-refractivity contribution in [3.8, 4) is 0 Å². The molecule has 8 rings (SSSR count). The molecule has 0 saturated carbocycles. The molecule has 2 bridgehead atoms. The molecule has 0 spiro atoms. The number of anilines is 2. The van der Waals surface area contributed by atoms with Crippen molar-refractivity contribution >= 4 is 76.8 Å². The number of carbonyl (C=O) groups excluding carboxylic acids is 1. The molecule has 25 heteroatoms. The molecular formula is C30H39N9O12P2S2. The summed E-state index contributed by atoms with van der Waals surface area (Å²) in [6.45, 7) is -9.68. The van der Waals surface area contributed by atoms with Crippen molar-refractivity contribution in [2.24, 2.45) is 0 Å². The van der Waals surface area contributed by atoms with Crippen molar-refractivity contribution in [3.05, 3.63) is 30.1 Å². The zero-order chi connectivity index (χ0) is 38.6. The Morgan fingerprint density at radius 2 is 1.65 bits per heavy atom. The van der Waals surface area contributed by atoms with Crippen LogP contribution in [0, 0.1) is 0 Å². The molecule has 8 N–H and O–H groups in total. The highest BCUT2D eigenvalue weighted by Crippen LogP contribution is 2.54. The maximum atomic E-state index is 11.7. The Kier molecular flexibility index (Phi) is 11.1. The molecule has 2 unspecified atom stereocenters. The molecule has 298 valence electrons. The number of fused-ring (bicyclic) bond motifs is 4. The van der Waals surface area contributed by atoms with Crippen molar-refractivity contribution in [1.82, 2.24) is 34.1 Å². The van der Waals surface area contributed by atoms with Crippen LogP contribution >= 0.6 is 13.4 Å².